The molecule has 1 atom stereocenters. The quantitative estimate of drug-likeness (QED) is 0.710. The maximum Gasteiger partial charge on any atom is 0.0639 e. The summed E-state index contributed by atoms with van der Waals surface area (Å²) in [5.74, 6) is 0.656. The van der Waals surface area contributed by atoms with Gasteiger partial charge in [0.05, 0.1) is 6.61 Å². The molecular formula is C15H26O. The molecule has 1 aliphatic carbocycles. The lowest BCUT2D eigenvalue weighted by molar-refractivity contribution is 0.181. The monoisotopic (exact) mass is 222 g/mol. The Morgan fingerprint density at radius 2 is 2.25 bits per heavy atom. The third kappa shape index (κ3) is 3.48. The third-order valence-electron chi connectivity index (χ3n) is 3.95. The molecule has 0 aliphatic heterocycles. The van der Waals surface area contributed by atoms with Gasteiger partial charge in [-0.2, -0.15) is 0 Å². The van der Waals surface area contributed by atoms with Gasteiger partial charge in [-0.05, 0) is 50.4 Å². The predicted molar refractivity (Wildman–Crippen MR) is 70.3 cm³/mol. The van der Waals surface area contributed by atoms with Crippen LogP contribution in [0.25, 0.3) is 0 Å². The summed E-state index contributed by atoms with van der Waals surface area (Å²) in [6.45, 7) is 11.1. The van der Waals surface area contributed by atoms with Gasteiger partial charge in [-0.1, -0.05) is 37.6 Å². The summed E-state index contributed by atoms with van der Waals surface area (Å²) in [5, 5.41) is 8.94. The van der Waals surface area contributed by atoms with E-state index in [1.165, 1.54) is 31.3 Å². The molecule has 1 unspecified atom stereocenters. The van der Waals surface area contributed by atoms with Gasteiger partial charge in [0.2, 0.25) is 0 Å². The lowest BCUT2D eigenvalue weighted by Crippen LogP contribution is -2.29. The average molecular weight is 222 g/mol. The summed E-state index contributed by atoms with van der Waals surface area (Å²) in [7, 11) is 0. The van der Waals surface area contributed by atoms with E-state index in [9.17, 15) is 0 Å². The number of aliphatic hydroxyl groups excluding tert-OH is 1. The minimum absolute atomic E-state index is 0.189. The van der Waals surface area contributed by atoms with Crippen molar-refractivity contribution in [3.63, 3.8) is 0 Å². The van der Waals surface area contributed by atoms with Crippen molar-refractivity contribution in [1.29, 1.82) is 0 Å². The third-order valence-corrected chi connectivity index (χ3v) is 3.95. The molecule has 1 fully saturated rings. The number of rotatable bonds is 4. The van der Waals surface area contributed by atoms with Crippen LogP contribution in [0.2, 0.25) is 0 Å². The summed E-state index contributed by atoms with van der Waals surface area (Å²) in [6, 6.07) is 0. The van der Waals surface area contributed by atoms with E-state index >= 15 is 0 Å². The summed E-state index contributed by atoms with van der Waals surface area (Å²) in [5.41, 5.74) is 2.93. The normalized spacial score (nSPS) is 25.9. The Bertz CT molecular complexity index is 273. The molecule has 0 aromatic heterocycles. The van der Waals surface area contributed by atoms with Crippen LogP contribution < -0.4 is 0 Å². The van der Waals surface area contributed by atoms with Crippen molar-refractivity contribution in [2.45, 2.75) is 52.9 Å². The highest BCUT2D eigenvalue weighted by Gasteiger charge is 2.33. The minimum Gasteiger partial charge on any atom is -0.392 e. The molecule has 0 bridgehead atoms. The Hall–Kier alpha value is -0.560. The Labute approximate surface area is 100 Å². The second-order valence-electron chi connectivity index (χ2n) is 5.84. The number of hydrogen-bond acceptors (Lipinski definition) is 1. The van der Waals surface area contributed by atoms with Crippen LogP contribution in [0.4, 0.5) is 0 Å². The highest BCUT2D eigenvalue weighted by Crippen LogP contribution is 2.45. The molecule has 0 heterocycles. The van der Waals surface area contributed by atoms with E-state index in [4.69, 9.17) is 5.11 Å². The Morgan fingerprint density at radius 1 is 1.56 bits per heavy atom. The van der Waals surface area contributed by atoms with Gasteiger partial charge >= 0.3 is 0 Å². The van der Waals surface area contributed by atoms with E-state index in [2.05, 4.69) is 26.5 Å². The molecule has 1 rings (SSSR count). The first-order valence-corrected chi connectivity index (χ1v) is 6.41. The SMILES string of the molecule is C=C1CCCC(C)(C)C1CC/C=C(\C)CO. The van der Waals surface area contributed by atoms with Crippen LogP contribution in [0.5, 0.6) is 0 Å². The summed E-state index contributed by atoms with van der Waals surface area (Å²) < 4.78 is 0. The van der Waals surface area contributed by atoms with Crippen molar-refractivity contribution < 1.29 is 5.11 Å². The molecule has 1 N–H and O–H groups in total. The highest BCUT2D eigenvalue weighted by atomic mass is 16.3. The summed E-state index contributed by atoms with van der Waals surface area (Å²) >= 11 is 0. The molecule has 1 heteroatoms. The second kappa shape index (κ2) is 5.67. The van der Waals surface area contributed by atoms with Gasteiger partial charge in [0.1, 0.15) is 0 Å². The largest absolute Gasteiger partial charge is 0.392 e. The van der Waals surface area contributed by atoms with Gasteiger partial charge < -0.3 is 5.11 Å². The number of allylic oxidation sites excluding steroid dienone is 2. The maximum absolute atomic E-state index is 8.94. The Morgan fingerprint density at radius 3 is 2.81 bits per heavy atom. The molecule has 1 aliphatic rings. The molecule has 0 radical (unpaired) electrons. The van der Waals surface area contributed by atoms with Crippen LogP contribution in [0, 0.1) is 11.3 Å². The van der Waals surface area contributed by atoms with E-state index in [-0.39, 0.29) is 6.61 Å². The zero-order valence-electron chi connectivity index (χ0n) is 11.1. The predicted octanol–water partition coefficient (Wildman–Crippen LogP) is 4.09. The van der Waals surface area contributed by atoms with Gasteiger partial charge in [0.25, 0.3) is 0 Å². The van der Waals surface area contributed by atoms with Crippen LogP contribution in [0.1, 0.15) is 52.9 Å². The number of aliphatic hydroxyl groups is 1. The summed E-state index contributed by atoms with van der Waals surface area (Å²) in [4.78, 5) is 0. The fourth-order valence-electron chi connectivity index (χ4n) is 2.83. The fourth-order valence-corrected chi connectivity index (χ4v) is 2.83. The van der Waals surface area contributed by atoms with Crippen LogP contribution >= 0.6 is 0 Å². The molecule has 92 valence electrons. The van der Waals surface area contributed by atoms with Crippen molar-refractivity contribution in [2.75, 3.05) is 6.61 Å². The molecule has 0 spiro atoms. The van der Waals surface area contributed by atoms with E-state index in [1.807, 2.05) is 6.92 Å². The lowest BCUT2D eigenvalue weighted by Gasteiger charge is -2.40. The zero-order chi connectivity index (χ0) is 12.2. The molecule has 0 aromatic rings. The molecule has 1 nitrogen and oxygen atoms in total. The van der Waals surface area contributed by atoms with Crippen LogP contribution in [0.3, 0.4) is 0 Å². The number of hydrogen-bond donors (Lipinski definition) is 1. The first kappa shape index (κ1) is 13.5. The van der Waals surface area contributed by atoms with Gasteiger partial charge in [-0.3, -0.25) is 0 Å². The molecular weight excluding hydrogens is 196 g/mol. The van der Waals surface area contributed by atoms with Gasteiger partial charge in [0, 0.05) is 0 Å². The zero-order valence-corrected chi connectivity index (χ0v) is 11.1. The summed E-state index contributed by atoms with van der Waals surface area (Å²) in [6.07, 6.45) is 8.24. The second-order valence-corrected chi connectivity index (χ2v) is 5.84. The average Bonchev–Trinajstić information content (AvgIpc) is 2.21. The maximum atomic E-state index is 8.94. The molecule has 0 aromatic carbocycles. The lowest BCUT2D eigenvalue weighted by atomic mass is 9.65. The van der Waals surface area contributed by atoms with E-state index in [1.54, 1.807) is 0 Å². The van der Waals surface area contributed by atoms with E-state index < -0.39 is 0 Å². The fraction of sp³-hybridized carbons (Fsp3) is 0.733. The van der Waals surface area contributed by atoms with Gasteiger partial charge in [0.15, 0.2) is 0 Å². The highest BCUT2D eigenvalue weighted by molar-refractivity contribution is 5.10. The minimum atomic E-state index is 0.189. The molecule has 0 amide bonds. The first-order valence-electron chi connectivity index (χ1n) is 6.41. The van der Waals surface area contributed by atoms with Gasteiger partial charge in [-0.25, -0.2) is 0 Å². The Kier molecular flexibility index (Phi) is 4.79. The van der Waals surface area contributed by atoms with Crippen molar-refractivity contribution in [1.82, 2.24) is 0 Å². The van der Waals surface area contributed by atoms with Crippen molar-refractivity contribution in [3.8, 4) is 0 Å². The van der Waals surface area contributed by atoms with Crippen molar-refractivity contribution in [2.24, 2.45) is 11.3 Å². The standard InChI is InChI=1S/C15H26O/c1-12(11-16)7-5-9-14-13(2)8-6-10-15(14,3)4/h7,14,16H,2,5-6,8-11H2,1,3-4H3/b12-7+. The Balaban J connectivity index is 2.53. The smallest absolute Gasteiger partial charge is 0.0639 e. The van der Waals surface area contributed by atoms with E-state index in [0.29, 0.717) is 11.3 Å². The van der Waals surface area contributed by atoms with Crippen molar-refractivity contribution in [3.05, 3.63) is 23.8 Å². The molecule has 1 saturated carbocycles. The first-order chi connectivity index (χ1) is 7.47. The van der Waals surface area contributed by atoms with E-state index in [0.717, 1.165) is 12.0 Å². The van der Waals surface area contributed by atoms with Crippen LogP contribution in [0.15, 0.2) is 23.8 Å². The van der Waals surface area contributed by atoms with Crippen molar-refractivity contribution >= 4 is 0 Å². The van der Waals surface area contributed by atoms with Crippen LogP contribution in [-0.2, 0) is 0 Å². The molecule has 16 heavy (non-hydrogen) atoms. The molecule has 0 saturated heterocycles. The van der Waals surface area contributed by atoms with Crippen LogP contribution in [-0.4, -0.2) is 11.7 Å². The van der Waals surface area contributed by atoms with Gasteiger partial charge in [-0.15, -0.1) is 0 Å². The topological polar surface area (TPSA) is 20.2 Å².